The molecule has 6 heteroatoms. The van der Waals surface area contributed by atoms with E-state index in [1.54, 1.807) is 0 Å². The van der Waals surface area contributed by atoms with Crippen molar-refractivity contribution in [2.24, 2.45) is 0 Å². The molecule has 0 N–H and O–H groups in total. The number of aromatic nitrogens is 2. The summed E-state index contributed by atoms with van der Waals surface area (Å²) in [5, 5.41) is 4.16. The Balaban J connectivity index is 1.26. The van der Waals surface area contributed by atoms with Gasteiger partial charge in [-0.15, -0.1) is 0 Å². The lowest BCUT2D eigenvalue weighted by Gasteiger charge is -2.21. The third kappa shape index (κ3) is 5.96. The molecule has 0 aliphatic carbocycles. The van der Waals surface area contributed by atoms with Crippen molar-refractivity contribution in [2.75, 3.05) is 0 Å². The van der Waals surface area contributed by atoms with Gasteiger partial charge in [-0.25, -0.2) is 9.97 Å². The lowest BCUT2D eigenvalue weighted by Crippen LogP contribution is -2.37. The van der Waals surface area contributed by atoms with E-state index in [0.29, 0.717) is 17.2 Å². The second kappa shape index (κ2) is 12.9. The second-order valence-electron chi connectivity index (χ2n) is 11.8. The Hall–Kier alpha value is -5.67. The van der Waals surface area contributed by atoms with Crippen LogP contribution in [-0.2, 0) is 0 Å². The van der Waals surface area contributed by atoms with Crippen LogP contribution >= 0.6 is 0 Å². The van der Waals surface area contributed by atoms with Crippen LogP contribution in [0.3, 0.4) is 0 Å². The summed E-state index contributed by atoms with van der Waals surface area (Å²) in [5.41, 5.74) is 7.71. The first kappa shape index (κ1) is 29.7. The molecule has 0 aliphatic heterocycles. The fraction of sp³-hybridized carbons (Fsp3) is 0.0476. The Bertz CT molecular complexity index is 2330. The SMILES string of the molecule is Cc1ccc2cccc([O][Al]([O]c3ccc4cc(-c5ccccc5)ccc4c3-c3ccccc3)[O]c3cccc4ccc(C)nc34)c2n1. The molecule has 8 rings (SSSR count). The molecule has 6 aromatic carbocycles. The van der Waals surface area contributed by atoms with Gasteiger partial charge in [0, 0.05) is 27.7 Å². The van der Waals surface area contributed by atoms with Gasteiger partial charge in [0.25, 0.3) is 0 Å². The average Bonchev–Trinajstić information content (AvgIpc) is 3.12. The maximum Gasteiger partial charge on any atom is 1.20 e. The van der Waals surface area contributed by atoms with Crippen molar-refractivity contribution >= 4 is 47.7 Å². The van der Waals surface area contributed by atoms with E-state index in [0.717, 1.165) is 60.7 Å². The maximum atomic E-state index is 6.93. The molecule has 0 amide bonds. The molecule has 0 saturated heterocycles. The molecule has 0 radical (unpaired) electrons. The highest BCUT2D eigenvalue weighted by atomic mass is 27.3. The van der Waals surface area contributed by atoms with Gasteiger partial charge in [-0.1, -0.05) is 115 Å². The van der Waals surface area contributed by atoms with Crippen molar-refractivity contribution in [1.82, 2.24) is 9.97 Å². The van der Waals surface area contributed by atoms with Gasteiger partial charge in [-0.05, 0) is 77.7 Å². The standard InChI is InChI=1S/C22H16O.2C10H9NO.Al/c23-21-14-12-19-15-18(16-7-3-1-4-8-16)11-13-20(19)22(21)17-9-5-2-6-10-17;2*1-7-5-6-8-3-2-4-9(12)10(8)11-7;/h1-15,23H;2*2-6,12H,1H3;/q;;;+3/p-3. The zero-order valence-corrected chi connectivity index (χ0v) is 27.8. The van der Waals surface area contributed by atoms with Gasteiger partial charge in [0.2, 0.25) is 0 Å². The molecule has 0 atom stereocenters. The van der Waals surface area contributed by atoms with Crippen LogP contribution in [0.5, 0.6) is 17.2 Å². The van der Waals surface area contributed by atoms with Gasteiger partial charge in [0.05, 0.1) is 5.75 Å². The quantitative estimate of drug-likeness (QED) is 0.155. The van der Waals surface area contributed by atoms with Crippen LogP contribution in [0.15, 0.2) is 152 Å². The summed E-state index contributed by atoms with van der Waals surface area (Å²) in [6, 6.07) is 51.5. The Morgan fingerprint density at radius 1 is 0.417 bits per heavy atom. The van der Waals surface area contributed by atoms with Gasteiger partial charge >= 0.3 is 15.1 Å². The van der Waals surface area contributed by atoms with E-state index in [1.807, 2.05) is 92.7 Å². The van der Waals surface area contributed by atoms with Crippen molar-refractivity contribution in [1.29, 1.82) is 0 Å². The topological polar surface area (TPSA) is 53.5 Å². The second-order valence-corrected chi connectivity index (χ2v) is 13.1. The monoisotopic (exact) mass is 638 g/mol. The number of hydrogen-bond acceptors (Lipinski definition) is 5. The maximum absolute atomic E-state index is 6.93. The molecule has 230 valence electrons. The number of rotatable bonds is 8. The van der Waals surface area contributed by atoms with Crippen molar-refractivity contribution in [3.8, 4) is 39.5 Å². The highest BCUT2D eigenvalue weighted by molar-refractivity contribution is 6.40. The molecule has 0 bridgehead atoms. The summed E-state index contributed by atoms with van der Waals surface area (Å²) < 4.78 is 20.4. The van der Waals surface area contributed by atoms with Gasteiger partial charge < -0.3 is 11.4 Å². The van der Waals surface area contributed by atoms with E-state index >= 15 is 0 Å². The number of benzene rings is 6. The molecule has 0 spiro atoms. The predicted octanol–water partition coefficient (Wildman–Crippen LogP) is 10.4. The van der Waals surface area contributed by atoms with Gasteiger partial charge in [0.1, 0.15) is 22.5 Å². The third-order valence-corrected chi connectivity index (χ3v) is 9.80. The first-order chi connectivity index (χ1) is 23.6. The number of fused-ring (bicyclic) bond motifs is 3. The Morgan fingerprint density at radius 2 is 0.958 bits per heavy atom. The number of hydrogen-bond donors (Lipinski definition) is 0. The zero-order valence-electron chi connectivity index (χ0n) is 26.6. The molecule has 8 aromatic rings. The Labute approximate surface area is 284 Å². The molecule has 5 nitrogen and oxygen atoms in total. The van der Waals surface area contributed by atoms with Gasteiger partial charge in [-0.3, -0.25) is 0 Å². The Kier molecular flexibility index (Phi) is 7.96. The molecule has 0 aliphatic rings. The normalized spacial score (nSPS) is 11.1. The summed E-state index contributed by atoms with van der Waals surface area (Å²) in [7, 11) is 0. The first-order valence-electron chi connectivity index (χ1n) is 16.0. The minimum atomic E-state index is -3.03. The van der Waals surface area contributed by atoms with Crippen LogP contribution < -0.4 is 11.4 Å². The summed E-state index contributed by atoms with van der Waals surface area (Å²) >= 11 is -3.03. The minimum Gasteiger partial charge on any atom is -0.577 e. The van der Waals surface area contributed by atoms with Crippen molar-refractivity contribution in [2.45, 2.75) is 13.8 Å². The molecule has 2 heterocycles. The number of pyridine rings is 2. The van der Waals surface area contributed by atoms with Crippen LogP contribution in [0.25, 0.3) is 54.8 Å². The van der Waals surface area contributed by atoms with E-state index in [4.69, 9.17) is 21.3 Å². The molecule has 0 unspecified atom stereocenters. The zero-order chi connectivity index (χ0) is 32.5. The lowest BCUT2D eigenvalue weighted by molar-refractivity contribution is 0.310. The lowest BCUT2D eigenvalue weighted by atomic mass is 9.94. The average molecular weight is 639 g/mol. The molecule has 0 fully saturated rings. The highest BCUT2D eigenvalue weighted by Gasteiger charge is 2.46. The van der Waals surface area contributed by atoms with Crippen LogP contribution in [0.2, 0.25) is 0 Å². The Morgan fingerprint density at radius 3 is 1.56 bits per heavy atom. The molecular weight excluding hydrogens is 607 g/mol. The van der Waals surface area contributed by atoms with Crippen molar-refractivity contribution < 1.29 is 11.4 Å². The molecule has 2 aromatic heterocycles. The van der Waals surface area contributed by atoms with Crippen LogP contribution in [0, 0.1) is 13.8 Å². The summed E-state index contributed by atoms with van der Waals surface area (Å²) in [6.07, 6.45) is 0. The van der Waals surface area contributed by atoms with E-state index in [9.17, 15) is 0 Å². The first-order valence-corrected chi connectivity index (χ1v) is 17.4. The number of aryl methyl sites for hydroxylation is 2. The van der Waals surface area contributed by atoms with Gasteiger partial charge in [-0.2, -0.15) is 0 Å². The van der Waals surface area contributed by atoms with Crippen molar-refractivity contribution in [3.63, 3.8) is 0 Å². The molecule has 0 saturated carbocycles. The molecule has 48 heavy (non-hydrogen) atoms. The summed E-state index contributed by atoms with van der Waals surface area (Å²) in [6.45, 7) is 3.96. The third-order valence-electron chi connectivity index (χ3n) is 8.47. The minimum absolute atomic E-state index is 0.617. The van der Waals surface area contributed by atoms with E-state index in [1.165, 1.54) is 5.56 Å². The van der Waals surface area contributed by atoms with Crippen LogP contribution in [0.4, 0.5) is 0 Å². The van der Waals surface area contributed by atoms with Crippen LogP contribution in [-0.4, -0.2) is 25.1 Å². The van der Waals surface area contributed by atoms with Crippen LogP contribution in [0.1, 0.15) is 11.4 Å². The largest absolute Gasteiger partial charge is 1.20 e. The molecular formula is C42H31AlN2O3. The highest BCUT2D eigenvalue weighted by Crippen LogP contribution is 2.39. The van der Waals surface area contributed by atoms with E-state index < -0.39 is 15.1 Å². The summed E-state index contributed by atoms with van der Waals surface area (Å²) in [5.74, 6) is 1.92. The van der Waals surface area contributed by atoms with Crippen molar-refractivity contribution in [3.05, 3.63) is 163 Å². The predicted molar refractivity (Wildman–Crippen MR) is 195 cm³/mol. The number of para-hydroxylation sites is 2. The van der Waals surface area contributed by atoms with E-state index in [-0.39, 0.29) is 0 Å². The van der Waals surface area contributed by atoms with E-state index in [2.05, 4.69) is 72.8 Å². The smallest absolute Gasteiger partial charge is 0.577 e. The number of nitrogens with zero attached hydrogens (tertiary/aromatic N) is 2. The fourth-order valence-electron chi connectivity index (χ4n) is 6.13. The fourth-order valence-corrected chi connectivity index (χ4v) is 7.47. The van der Waals surface area contributed by atoms with Gasteiger partial charge in [0.15, 0.2) is 0 Å². The summed E-state index contributed by atoms with van der Waals surface area (Å²) in [4.78, 5) is 9.63.